The Balaban J connectivity index is 2.23. The maximum Gasteiger partial charge on any atom is 0.258 e. The summed E-state index contributed by atoms with van der Waals surface area (Å²) in [4.78, 5) is 16.2. The van der Waals surface area contributed by atoms with E-state index in [1.54, 1.807) is 6.07 Å². The highest BCUT2D eigenvalue weighted by Gasteiger charge is 2.12. The van der Waals surface area contributed by atoms with Crippen LogP contribution in [-0.2, 0) is 0 Å². The van der Waals surface area contributed by atoms with Gasteiger partial charge < -0.3 is 0 Å². The number of carbonyl (C=O) groups is 1. The van der Waals surface area contributed by atoms with E-state index in [4.69, 9.17) is 0 Å². The molecular formula is C12H11BrN2OS. The lowest BCUT2D eigenvalue weighted by atomic mass is 10.1. The molecule has 1 aromatic carbocycles. The number of carbonyl (C=O) groups excluding carboxylic acids is 1. The van der Waals surface area contributed by atoms with Crippen LogP contribution in [0.1, 0.15) is 21.6 Å². The molecule has 0 atom stereocenters. The molecule has 5 heteroatoms. The van der Waals surface area contributed by atoms with Crippen molar-refractivity contribution in [2.24, 2.45) is 0 Å². The van der Waals surface area contributed by atoms with Crippen LogP contribution in [0, 0.1) is 13.8 Å². The quantitative estimate of drug-likeness (QED) is 0.917. The number of thiazole rings is 1. The van der Waals surface area contributed by atoms with Crippen molar-refractivity contribution in [2.45, 2.75) is 13.8 Å². The number of aromatic nitrogens is 1. The molecule has 1 N–H and O–H groups in total. The highest BCUT2D eigenvalue weighted by Crippen LogP contribution is 2.23. The number of rotatable bonds is 2. The van der Waals surface area contributed by atoms with Crippen LogP contribution in [0.3, 0.4) is 0 Å². The number of benzene rings is 1. The number of aryl methyl sites for hydroxylation is 2. The standard InChI is InChI=1S/C12H11BrN2OS/c1-7-4-3-5-9(10(7)13)11(16)15-12-14-8(2)6-17-12/h3-6H,1-2H3,(H,14,15,16). The maximum atomic E-state index is 12.0. The summed E-state index contributed by atoms with van der Waals surface area (Å²) in [5, 5.41) is 5.32. The number of anilines is 1. The average Bonchev–Trinajstić information content (AvgIpc) is 2.68. The van der Waals surface area contributed by atoms with Crippen LogP contribution in [0.2, 0.25) is 0 Å². The van der Waals surface area contributed by atoms with Gasteiger partial charge >= 0.3 is 0 Å². The van der Waals surface area contributed by atoms with Gasteiger partial charge in [0.15, 0.2) is 5.13 Å². The van der Waals surface area contributed by atoms with E-state index in [-0.39, 0.29) is 5.91 Å². The minimum absolute atomic E-state index is 0.144. The van der Waals surface area contributed by atoms with Crippen LogP contribution in [0.4, 0.5) is 5.13 Å². The molecule has 0 saturated carbocycles. The second-order valence-electron chi connectivity index (χ2n) is 3.68. The molecule has 0 bridgehead atoms. The average molecular weight is 311 g/mol. The third-order valence-electron chi connectivity index (χ3n) is 2.28. The van der Waals surface area contributed by atoms with Gasteiger partial charge in [-0.3, -0.25) is 10.1 Å². The van der Waals surface area contributed by atoms with Crippen molar-refractivity contribution in [1.82, 2.24) is 4.98 Å². The van der Waals surface area contributed by atoms with Crippen LogP contribution in [0.15, 0.2) is 28.1 Å². The molecule has 0 aliphatic heterocycles. The first-order valence-corrected chi connectivity index (χ1v) is 6.74. The molecule has 0 aliphatic rings. The predicted octanol–water partition coefficient (Wildman–Crippen LogP) is 3.77. The monoisotopic (exact) mass is 310 g/mol. The molecule has 88 valence electrons. The first-order valence-electron chi connectivity index (χ1n) is 5.06. The zero-order valence-electron chi connectivity index (χ0n) is 9.45. The van der Waals surface area contributed by atoms with Gasteiger partial charge in [-0.05, 0) is 41.4 Å². The number of hydrogen-bond acceptors (Lipinski definition) is 3. The van der Waals surface area contributed by atoms with E-state index in [2.05, 4.69) is 26.2 Å². The highest BCUT2D eigenvalue weighted by molar-refractivity contribution is 9.10. The maximum absolute atomic E-state index is 12.0. The Morgan fingerprint density at radius 2 is 2.18 bits per heavy atom. The van der Waals surface area contributed by atoms with Crippen molar-refractivity contribution in [2.75, 3.05) is 5.32 Å². The topological polar surface area (TPSA) is 42.0 Å². The zero-order chi connectivity index (χ0) is 12.4. The number of nitrogens with zero attached hydrogens (tertiary/aromatic N) is 1. The zero-order valence-corrected chi connectivity index (χ0v) is 11.9. The van der Waals surface area contributed by atoms with Gasteiger partial charge in [0.25, 0.3) is 5.91 Å². The summed E-state index contributed by atoms with van der Waals surface area (Å²) in [7, 11) is 0. The molecule has 0 unspecified atom stereocenters. The highest BCUT2D eigenvalue weighted by atomic mass is 79.9. The Kier molecular flexibility index (Phi) is 3.59. The number of halogens is 1. The Morgan fingerprint density at radius 3 is 2.82 bits per heavy atom. The lowest BCUT2D eigenvalue weighted by molar-refractivity contribution is 0.102. The second-order valence-corrected chi connectivity index (χ2v) is 5.34. The fourth-order valence-corrected chi connectivity index (χ4v) is 2.53. The third kappa shape index (κ3) is 2.73. The summed E-state index contributed by atoms with van der Waals surface area (Å²) >= 11 is 4.85. The molecule has 0 radical (unpaired) electrons. The van der Waals surface area contributed by atoms with E-state index in [0.29, 0.717) is 10.7 Å². The van der Waals surface area contributed by atoms with Crippen molar-refractivity contribution in [1.29, 1.82) is 0 Å². The van der Waals surface area contributed by atoms with E-state index in [1.807, 2.05) is 31.4 Å². The second kappa shape index (κ2) is 4.98. The molecule has 1 amide bonds. The first-order chi connectivity index (χ1) is 8.08. The van der Waals surface area contributed by atoms with Crippen molar-refractivity contribution in [3.8, 4) is 0 Å². The van der Waals surface area contributed by atoms with Gasteiger partial charge in [-0.15, -0.1) is 11.3 Å². The Bertz CT molecular complexity index is 565. The van der Waals surface area contributed by atoms with Crippen molar-refractivity contribution in [3.63, 3.8) is 0 Å². The lowest BCUT2D eigenvalue weighted by Gasteiger charge is -2.06. The molecule has 2 rings (SSSR count). The minimum Gasteiger partial charge on any atom is -0.298 e. The van der Waals surface area contributed by atoms with Crippen LogP contribution in [0.5, 0.6) is 0 Å². The third-order valence-corrected chi connectivity index (χ3v) is 4.20. The van der Waals surface area contributed by atoms with Gasteiger partial charge in [0.05, 0.1) is 11.3 Å². The molecular weight excluding hydrogens is 300 g/mol. The predicted molar refractivity (Wildman–Crippen MR) is 73.7 cm³/mol. The van der Waals surface area contributed by atoms with Crippen LogP contribution >= 0.6 is 27.3 Å². The fourth-order valence-electron chi connectivity index (χ4n) is 1.40. The van der Waals surface area contributed by atoms with Crippen molar-refractivity contribution >= 4 is 38.3 Å². The number of hydrogen-bond donors (Lipinski definition) is 1. The van der Waals surface area contributed by atoms with Gasteiger partial charge in [-0.1, -0.05) is 12.1 Å². The van der Waals surface area contributed by atoms with Crippen LogP contribution in [0.25, 0.3) is 0 Å². The lowest BCUT2D eigenvalue weighted by Crippen LogP contribution is -2.12. The molecule has 0 aliphatic carbocycles. The summed E-state index contributed by atoms with van der Waals surface area (Å²) in [5.74, 6) is -0.144. The molecule has 3 nitrogen and oxygen atoms in total. The Hall–Kier alpha value is -1.20. The minimum atomic E-state index is -0.144. The smallest absolute Gasteiger partial charge is 0.258 e. The summed E-state index contributed by atoms with van der Waals surface area (Å²) in [6.45, 7) is 3.85. The van der Waals surface area contributed by atoms with E-state index < -0.39 is 0 Å². The van der Waals surface area contributed by atoms with Gasteiger partial charge in [-0.2, -0.15) is 0 Å². The summed E-state index contributed by atoms with van der Waals surface area (Å²) in [6.07, 6.45) is 0. The van der Waals surface area contributed by atoms with E-state index in [9.17, 15) is 4.79 Å². The molecule has 17 heavy (non-hydrogen) atoms. The van der Waals surface area contributed by atoms with Crippen LogP contribution in [-0.4, -0.2) is 10.9 Å². The van der Waals surface area contributed by atoms with Gasteiger partial charge in [0.2, 0.25) is 0 Å². The first kappa shape index (κ1) is 12.3. The molecule has 0 saturated heterocycles. The van der Waals surface area contributed by atoms with Crippen molar-refractivity contribution < 1.29 is 4.79 Å². The van der Waals surface area contributed by atoms with Crippen LogP contribution < -0.4 is 5.32 Å². The number of nitrogens with one attached hydrogen (secondary N) is 1. The summed E-state index contributed by atoms with van der Waals surface area (Å²) < 4.78 is 0.825. The normalized spacial score (nSPS) is 10.3. The Labute approximate surface area is 112 Å². The van der Waals surface area contributed by atoms with E-state index >= 15 is 0 Å². The van der Waals surface area contributed by atoms with E-state index in [0.717, 1.165) is 15.7 Å². The largest absolute Gasteiger partial charge is 0.298 e. The van der Waals surface area contributed by atoms with Gasteiger partial charge in [0.1, 0.15) is 0 Å². The number of amides is 1. The molecule has 0 fully saturated rings. The molecule has 0 spiro atoms. The van der Waals surface area contributed by atoms with Gasteiger partial charge in [0, 0.05) is 9.85 Å². The summed E-state index contributed by atoms with van der Waals surface area (Å²) in [6, 6.07) is 5.60. The summed E-state index contributed by atoms with van der Waals surface area (Å²) in [5.41, 5.74) is 2.57. The molecule has 2 aromatic rings. The fraction of sp³-hybridized carbons (Fsp3) is 0.167. The SMILES string of the molecule is Cc1csc(NC(=O)c2cccc(C)c2Br)n1. The van der Waals surface area contributed by atoms with Gasteiger partial charge in [-0.25, -0.2) is 4.98 Å². The molecule has 1 aromatic heterocycles. The molecule has 1 heterocycles. The van der Waals surface area contributed by atoms with E-state index in [1.165, 1.54) is 11.3 Å². The Morgan fingerprint density at radius 1 is 1.41 bits per heavy atom. The van der Waals surface area contributed by atoms with Crippen molar-refractivity contribution in [3.05, 3.63) is 44.9 Å².